The SMILES string of the molecule is CC1=CC(=O)C2=C(C[C@@H]3C(=CC[C@@H]4C(=O)N(c5ccc(Br)cc5)C(=O)[C@@H]43)[C@@H]2c2cccc(O)c2)C1=O. The van der Waals surface area contributed by atoms with Gasteiger partial charge in [-0.05, 0) is 73.7 Å². The summed E-state index contributed by atoms with van der Waals surface area (Å²) >= 11 is 3.39. The fourth-order valence-electron chi connectivity index (χ4n) is 6.31. The topological polar surface area (TPSA) is 91.8 Å². The fraction of sp³-hybridized carbons (Fsp3) is 0.241. The van der Waals surface area contributed by atoms with E-state index in [4.69, 9.17) is 0 Å². The third-order valence-corrected chi connectivity index (χ3v) is 8.38. The Morgan fingerprint density at radius 2 is 1.72 bits per heavy atom. The lowest BCUT2D eigenvalue weighted by Gasteiger charge is -2.42. The van der Waals surface area contributed by atoms with E-state index in [2.05, 4.69) is 15.9 Å². The molecule has 3 aliphatic carbocycles. The Morgan fingerprint density at radius 1 is 0.972 bits per heavy atom. The van der Waals surface area contributed by atoms with E-state index in [1.54, 1.807) is 49.4 Å². The fourth-order valence-corrected chi connectivity index (χ4v) is 6.57. The van der Waals surface area contributed by atoms with Crippen molar-refractivity contribution >= 4 is 45.0 Å². The van der Waals surface area contributed by atoms with Crippen molar-refractivity contribution in [1.82, 2.24) is 0 Å². The second-order valence-electron chi connectivity index (χ2n) is 9.81. The van der Waals surface area contributed by atoms with Crippen LogP contribution in [0.4, 0.5) is 5.69 Å². The number of aromatic hydroxyl groups is 1. The molecule has 0 saturated carbocycles. The van der Waals surface area contributed by atoms with Crippen molar-refractivity contribution in [1.29, 1.82) is 0 Å². The Labute approximate surface area is 216 Å². The van der Waals surface area contributed by atoms with Crippen molar-refractivity contribution in [3.63, 3.8) is 0 Å². The number of halogens is 1. The summed E-state index contributed by atoms with van der Waals surface area (Å²) in [5, 5.41) is 10.2. The number of rotatable bonds is 2. The summed E-state index contributed by atoms with van der Waals surface area (Å²) in [5.41, 5.74) is 3.28. The van der Waals surface area contributed by atoms with E-state index >= 15 is 0 Å². The van der Waals surface area contributed by atoms with Gasteiger partial charge in [0.05, 0.1) is 17.5 Å². The molecule has 1 heterocycles. The quantitative estimate of drug-likeness (QED) is 0.334. The Balaban J connectivity index is 1.48. The van der Waals surface area contributed by atoms with E-state index < -0.39 is 23.7 Å². The number of phenolic OH excluding ortho intramolecular Hbond substituents is 1. The molecule has 0 radical (unpaired) electrons. The second kappa shape index (κ2) is 8.23. The molecular formula is C29H22BrNO5. The maximum absolute atomic E-state index is 13.8. The van der Waals surface area contributed by atoms with Crippen LogP contribution in [0, 0.1) is 17.8 Å². The van der Waals surface area contributed by atoms with Crippen LogP contribution >= 0.6 is 15.9 Å². The van der Waals surface area contributed by atoms with Crippen molar-refractivity contribution in [3.05, 3.63) is 93.0 Å². The molecule has 2 aromatic rings. The molecule has 6 rings (SSSR count). The monoisotopic (exact) mass is 543 g/mol. The van der Waals surface area contributed by atoms with Gasteiger partial charge in [-0.1, -0.05) is 39.7 Å². The van der Waals surface area contributed by atoms with Gasteiger partial charge >= 0.3 is 0 Å². The van der Waals surface area contributed by atoms with Gasteiger partial charge in [0.1, 0.15) is 5.75 Å². The summed E-state index contributed by atoms with van der Waals surface area (Å²) in [7, 11) is 0. The standard InChI is InChI=1S/C29H22BrNO5/c1-14-11-23(33)26-22(27(14)34)13-21-19(24(26)15-3-2-4-18(32)12-15)9-10-20-25(21)29(36)31(28(20)35)17-7-5-16(30)6-8-17/h2-9,11-12,20-21,24-25,32H,10,13H2,1H3/t20-,21+,24-,25-/m0/s1. The van der Waals surface area contributed by atoms with E-state index in [9.17, 15) is 24.3 Å². The minimum Gasteiger partial charge on any atom is -0.508 e. The molecule has 1 aliphatic heterocycles. The van der Waals surface area contributed by atoms with E-state index in [1.165, 1.54) is 11.0 Å². The summed E-state index contributed by atoms with van der Waals surface area (Å²) in [5.74, 6) is -2.97. The van der Waals surface area contributed by atoms with E-state index in [-0.39, 0.29) is 35.6 Å². The van der Waals surface area contributed by atoms with Gasteiger partial charge in [0.25, 0.3) is 0 Å². The molecule has 0 spiro atoms. The largest absolute Gasteiger partial charge is 0.508 e. The number of nitrogens with zero attached hydrogens (tertiary/aromatic N) is 1. The third-order valence-electron chi connectivity index (χ3n) is 7.85. The number of phenols is 1. The maximum atomic E-state index is 13.8. The first-order valence-electron chi connectivity index (χ1n) is 11.9. The molecule has 2 aromatic carbocycles. The number of hydrogen-bond acceptors (Lipinski definition) is 5. The molecule has 6 nitrogen and oxygen atoms in total. The normalized spacial score (nSPS) is 27.4. The third kappa shape index (κ3) is 3.29. The average molecular weight is 544 g/mol. The first kappa shape index (κ1) is 22.9. The number of ketones is 2. The summed E-state index contributed by atoms with van der Waals surface area (Å²) in [6.45, 7) is 1.63. The molecule has 0 bridgehead atoms. The molecule has 1 N–H and O–H groups in total. The number of benzene rings is 2. The Kier molecular flexibility index (Phi) is 5.23. The molecule has 0 aromatic heterocycles. The smallest absolute Gasteiger partial charge is 0.238 e. The first-order chi connectivity index (χ1) is 17.3. The van der Waals surface area contributed by atoms with E-state index in [0.717, 1.165) is 10.0 Å². The van der Waals surface area contributed by atoms with E-state index in [1.807, 2.05) is 12.1 Å². The molecule has 36 heavy (non-hydrogen) atoms. The Bertz CT molecular complexity index is 1460. The lowest BCUT2D eigenvalue weighted by molar-refractivity contribution is -0.123. The number of carbonyl (C=O) groups is 4. The van der Waals surface area contributed by atoms with Gasteiger partial charge in [-0.3, -0.25) is 24.1 Å². The van der Waals surface area contributed by atoms with Crippen LogP contribution in [-0.2, 0) is 19.2 Å². The highest BCUT2D eigenvalue weighted by molar-refractivity contribution is 9.10. The highest BCUT2D eigenvalue weighted by Gasteiger charge is 2.56. The van der Waals surface area contributed by atoms with Crippen molar-refractivity contribution < 1.29 is 24.3 Å². The molecule has 180 valence electrons. The number of allylic oxidation sites excluding steroid dienone is 6. The number of Topliss-reactive ketones (excluding diaryl/α,β-unsaturated/α-hetero) is 1. The van der Waals surface area contributed by atoms with Crippen molar-refractivity contribution in [2.24, 2.45) is 17.8 Å². The molecule has 1 fully saturated rings. The number of hydrogen-bond donors (Lipinski definition) is 1. The van der Waals surface area contributed by atoms with Gasteiger partial charge in [0.2, 0.25) is 11.8 Å². The van der Waals surface area contributed by atoms with Crippen LogP contribution in [0.2, 0.25) is 0 Å². The Hall–Kier alpha value is -3.58. The predicted octanol–water partition coefficient (Wildman–Crippen LogP) is 4.79. The lowest BCUT2D eigenvalue weighted by atomic mass is 9.59. The minimum absolute atomic E-state index is 0.0564. The van der Waals surface area contributed by atoms with Crippen molar-refractivity contribution in [3.8, 4) is 5.75 Å². The summed E-state index contributed by atoms with van der Waals surface area (Å²) in [6.07, 6.45) is 3.97. The molecule has 0 unspecified atom stereocenters. The first-order valence-corrected chi connectivity index (χ1v) is 12.7. The van der Waals surface area contributed by atoms with Gasteiger partial charge in [0.15, 0.2) is 11.6 Å². The average Bonchev–Trinajstić information content (AvgIpc) is 3.12. The van der Waals surface area contributed by atoms with Crippen LogP contribution in [0.3, 0.4) is 0 Å². The second-order valence-corrected chi connectivity index (χ2v) is 10.7. The van der Waals surface area contributed by atoms with Crippen molar-refractivity contribution in [2.45, 2.75) is 25.7 Å². The zero-order chi connectivity index (χ0) is 25.3. The number of carbonyl (C=O) groups excluding carboxylic acids is 4. The summed E-state index contributed by atoms with van der Waals surface area (Å²) < 4.78 is 0.844. The zero-order valence-electron chi connectivity index (χ0n) is 19.4. The lowest BCUT2D eigenvalue weighted by Crippen LogP contribution is -2.39. The van der Waals surface area contributed by atoms with Gasteiger partial charge in [-0.2, -0.15) is 0 Å². The molecule has 1 saturated heterocycles. The summed E-state index contributed by atoms with van der Waals surface area (Å²) in [4.78, 5) is 55.0. The number of imide groups is 1. The van der Waals surface area contributed by atoms with Gasteiger partial charge in [0, 0.05) is 27.1 Å². The van der Waals surface area contributed by atoms with E-state index in [0.29, 0.717) is 34.4 Å². The van der Waals surface area contributed by atoms with Gasteiger partial charge in [-0.15, -0.1) is 0 Å². The van der Waals surface area contributed by atoms with Gasteiger partial charge < -0.3 is 5.11 Å². The van der Waals surface area contributed by atoms with Crippen LogP contribution in [0.25, 0.3) is 0 Å². The summed E-state index contributed by atoms with van der Waals surface area (Å²) in [6, 6.07) is 13.7. The van der Waals surface area contributed by atoms with Crippen LogP contribution in [0.5, 0.6) is 5.75 Å². The number of fused-ring (bicyclic) bond motifs is 3. The molecule has 7 heteroatoms. The Morgan fingerprint density at radius 3 is 2.44 bits per heavy atom. The minimum atomic E-state index is -0.621. The van der Waals surface area contributed by atoms with Crippen molar-refractivity contribution in [2.75, 3.05) is 4.90 Å². The van der Waals surface area contributed by atoms with Gasteiger partial charge in [-0.25, -0.2) is 0 Å². The van der Waals surface area contributed by atoms with Crippen LogP contribution < -0.4 is 4.90 Å². The molecule has 4 atom stereocenters. The maximum Gasteiger partial charge on any atom is 0.238 e. The molecule has 4 aliphatic rings. The van der Waals surface area contributed by atoms with Crippen LogP contribution in [0.15, 0.2) is 87.4 Å². The highest BCUT2D eigenvalue weighted by Crippen LogP contribution is 2.55. The molecular weight excluding hydrogens is 522 g/mol. The number of amides is 2. The highest BCUT2D eigenvalue weighted by atomic mass is 79.9. The zero-order valence-corrected chi connectivity index (χ0v) is 21.0. The number of anilines is 1. The van der Waals surface area contributed by atoms with Crippen LogP contribution in [-0.4, -0.2) is 28.5 Å². The molecule has 2 amide bonds. The van der Waals surface area contributed by atoms with Crippen LogP contribution in [0.1, 0.15) is 31.2 Å². The predicted molar refractivity (Wildman–Crippen MR) is 136 cm³/mol.